The summed E-state index contributed by atoms with van der Waals surface area (Å²) in [5.41, 5.74) is -0.449. The van der Waals surface area contributed by atoms with E-state index in [0.29, 0.717) is 25.0 Å². The lowest BCUT2D eigenvalue weighted by Crippen LogP contribution is -2.43. The fourth-order valence-electron chi connectivity index (χ4n) is 3.14. The molecule has 96 valence electrons. The standard InChI is InChI=1S/C14H24NO2/c1-9(2)10-7-16-12-11(13(3,4)5)8-17-14(10,12)15-6/h6,9-12H,7-8H2,1-5H3/q+1. The Morgan fingerprint density at radius 1 is 1.29 bits per heavy atom. The minimum atomic E-state index is -0.605. The lowest BCUT2D eigenvalue weighted by molar-refractivity contribution is -0.0150. The average Bonchev–Trinajstić information content (AvgIpc) is 2.70. The van der Waals surface area contributed by atoms with Crippen molar-refractivity contribution in [1.82, 2.24) is 0 Å². The van der Waals surface area contributed by atoms with Crippen LogP contribution >= 0.6 is 0 Å². The van der Waals surface area contributed by atoms with E-state index in [1.807, 2.05) is 0 Å². The Morgan fingerprint density at radius 3 is 2.41 bits per heavy atom. The summed E-state index contributed by atoms with van der Waals surface area (Å²) >= 11 is 0. The summed E-state index contributed by atoms with van der Waals surface area (Å²) < 4.78 is 12.0. The van der Waals surface area contributed by atoms with Gasteiger partial charge < -0.3 is 9.47 Å². The normalized spacial score (nSPS) is 41.6. The monoisotopic (exact) mass is 238 g/mol. The summed E-state index contributed by atoms with van der Waals surface area (Å²) in [5.74, 6) is 1.09. The van der Waals surface area contributed by atoms with Gasteiger partial charge in [0.15, 0.2) is 6.10 Å². The predicted octanol–water partition coefficient (Wildman–Crippen LogP) is 3.01. The van der Waals surface area contributed by atoms with Crippen LogP contribution < -0.4 is 0 Å². The molecule has 3 heteroatoms. The molecule has 0 spiro atoms. The number of hydrogen-bond donors (Lipinski definition) is 0. The second-order valence-corrected chi connectivity index (χ2v) is 6.77. The summed E-state index contributed by atoms with van der Waals surface area (Å²) in [6, 6.07) is 0. The highest BCUT2D eigenvalue weighted by Gasteiger charge is 2.71. The first-order valence-corrected chi connectivity index (χ1v) is 6.50. The zero-order valence-corrected chi connectivity index (χ0v) is 11.6. The summed E-state index contributed by atoms with van der Waals surface area (Å²) in [5, 5.41) is 0. The molecule has 2 rings (SSSR count). The number of rotatable bonds is 1. The van der Waals surface area contributed by atoms with E-state index in [1.165, 1.54) is 0 Å². The quantitative estimate of drug-likeness (QED) is 0.701. The molecule has 3 nitrogen and oxygen atoms in total. The van der Waals surface area contributed by atoms with E-state index >= 15 is 0 Å². The van der Waals surface area contributed by atoms with Crippen molar-refractivity contribution >= 4 is 0 Å². The molecule has 2 saturated heterocycles. The molecular formula is C14H24NO2+. The van der Waals surface area contributed by atoms with E-state index in [2.05, 4.69) is 39.5 Å². The highest BCUT2D eigenvalue weighted by Crippen LogP contribution is 2.52. The zero-order valence-electron chi connectivity index (χ0n) is 11.6. The molecule has 0 bridgehead atoms. The van der Waals surface area contributed by atoms with Crippen LogP contribution in [0.25, 0.3) is 4.85 Å². The summed E-state index contributed by atoms with van der Waals surface area (Å²) in [6.07, 6.45) is 0.0138. The van der Waals surface area contributed by atoms with Gasteiger partial charge in [-0.1, -0.05) is 34.6 Å². The van der Waals surface area contributed by atoms with Gasteiger partial charge in [-0.15, -0.1) is 0 Å². The zero-order chi connectivity index (χ0) is 12.8. The lowest BCUT2D eigenvalue weighted by Gasteiger charge is -2.28. The Balaban J connectivity index is 2.31. The van der Waals surface area contributed by atoms with Crippen molar-refractivity contribution in [3.63, 3.8) is 0 Å². The van der Waals surface area contributed by atoms with Crippen LogP contribution in [-0.2, 0) is 9.47 Å². The molecule has 4 unspecified atom stereocenters. The molecule has 4 atom stereocenters. The van der Waals surface area contributed by atoms with E-state index in [9.17, 15) is 0 Å². The molecule has 0 amide bonds. The van der Waals surface area contributed by atoms with Crippen molar-refractivity contribution in [1.29, 1.82) is 0 Å². The van der Waals surface area contributed by atoms with Crippen LogP contribution in [0.2, 0.25) is 0 Å². The topological polar surface area (TPSA) is 22.8 Å². The van der Waals surface area contributed by atoms with Gasteiger partial charge in [-0.05, 0) is 16.2 Å². The Kier molecular flexibility index (Phi) is 3.00. The molecule has 2 aliphatic rings. The molecule has 0 N–H and O–H groups in total. The van der Waals surface area contributed by atoms with E-state index in [0.717, 1.165) is 0 Å². The smallest absolute Gasteiger partial charge is 0.365 e. The SMILES string of the molecule is C#[N+]C12OCC(C(C)(C)C)C1OCC2C(C)C. The number of ether oxygens (including phenoxy) is 2. The largest absolute Gasteiger partial charge is 0.416 e. The van der Waals surface area contributed by atoms with Gasteiger partial charge in [-0.25, -0.2) is 0 Å². The van der Waals surface area contributed by atoms with Gasteiger partial charge in [0.1, 0.15) is 0 Å². The molecule has 2 aliphatic heterocycles. The van der Waals surface area contributed by atoms with Crippen molar-refractivity contribution in [2.24, 2.45) is 23.2 Å². The lowest BCUT2D eigenvalue weighted by atomic mass is 9.74. The highest BCUT2D eigenvalue weighted by molar-refractivity contribution is 5.14. The molecule has 0 aromatic carbocycles. The predicted molar refractivity (Wildman–Crippen MR) is 68.0 cm³/mol. The Hall–Kier alpha value is -0.590. The van der Waals surface area contributed by atoms with E-state index in [1.54, 1.807) is 0 Å². The molecule has 0 aliphatic carbocycles. The van der Waals surface area contributed by atoms with Crippen LogP contribution in [0, 0.1) is 29.7 Å². The Morgan fingerprint density at radius 2 is 1.94 bits per heavy atom. The van der Waals surface area contributed by atoms with Gasteiger partial charge in [0.25, 0.3) is 6.57 Å². The maximum atomic E-state index is 6.01. The maximum Gasteiger partial charge on any atom is 0.416 e. The molecule has 2 heterocycles. The van der Waals surface area contributed by atoms with Crippen molar-refractivity contribution < 1.29 is 9.47 Å². The van der Waals surface area contributed by atoms with Crippen molar-refractivity contribution in [3.05, 3.63) is 4.85 Å². The van der Waals surface area contributed by atoms with E-state index in [-0.39, 0.29) is 17.4 Å². The number of nitrogens with zero attached hydrogens (tertiary/aromatic N) is 1. The molecule has 0 aromatic heterocycles. The molecule has 0 aromatic rings. The number of hydrogen-bond acceptors (Lipinski definition) is 2. The molecule has 0 radical (unpaired) electrons. The first-order chi connectivity index (χ1) is 7.83. The van der Waals surface area contributed by atoms with Gasteiger partial charge in [0.2, 0.25) is 0 Å². The minimum Gasteiger partial charge on any atom is -0.365 e. The van der Waals surface area contributed by atoms with E-state index < -0.39 is 5.72 Å². The summed E-state index contributed by atoms with van der Waals surface area (Å²) in [6.45, 7) is 18.1. The molecule has 0 saturated carbocycles. The van der Waals surface area contributed by atoms with Gasteiger partial charge in [0, 0.05) is 5.92 Å². The van der Waals surface area contributed by atoms with Gasteiger partial charge in [0.05, 0.1) is 19.1 Å². The van der Waals surface area contributed by atoms with Crippen LogP contribution in [0.15, 0.2) is 0 Å². The fraction of sp³-hybridized carbons (Fsp3) is 0.929. The van der Waals surface area contributed by atoms with Crippen LogP contribution in [-0.4, -0.2) is 25.0 Å². The number of fused-ring (bicyclic) bond motifs is 1. The van der Waals surface area contributed by atoms with Crippen LogP contribution in [0.3, 0.4) is 0 Å². The van der Waals surface area contributed by atoms with Crippen molar-refractivity contribution in [2.75, 3.05) is 13.2 Å². The third kappa shape index (κ3) is 1.78. The third-order valence-electron chi connectivity index (χ3n) is 4.37. The van der Waals surface area contributed by atoms with Crippen molar-refractivity contribution in [2.45, 2.75) is 46.4 Å². The van der Waals surface area contributed by atoms with Crippen molar-refractivity contribution in [3.8, 4) is 6.57 Å². The Bertz CT molecular complexity index is 339. The minimum absolute atomic E-state index is 0.0138. The molecule has 17 heavy (non-hydrogen) atoms. The fourth-order valence-corrected chi connectivity index (χ4v) is 3.14. The maximum absolute atomic E-state index is 6.01. The van der Waals surface area contributed by atoms with Crippen LogP contribution in [0.4, 0.5) is 0 Å². The third-order valence-corrected chi connectivity index (χ3v) is 4.37. The highest BCUT2D eigenvalue weighted by atomic mass is 16.6. The van der Waals surface area contributed by atoms with Crippen LogP contribution in [0.5, 0.6) is 0 Å². The van der Waals surface area contributed by atoms with E-state index in [4.69, 9.17) is 16.0 Å². The second kappa shape index (κ2) is 3.96. The first kappa shape index (κ1) is 12.9. The molecular weight excluding hydrogens is 214 g/mol. The second-order valence-electron chi connectivity index (χ2n) is 6.77. The summed E-state index contributed by atoms with van der Waals surface area (Å²) in [4.78, 5) is 4.10. The van der Waals surface area contributed by atoms with Gasteiger partial charge in [-0.2, -0.15) is 0 Å². The average molecular weight is 238 g/mol. The van der Waals surface area contributed by atoms with Crippen LogP contribution in [0.1, 0.15) is 34.6 Å². The Labute approximate surface area is 104 Å². The summed E-state index contributed by atoms with van der Waals surface area (Å²) in [7, 11) is 0. The first-order valence-electron chi connectivity index (χ1n) is 6.50. The van der Waals surface area contributed by atoms with Gasteiger partial charge >= 0.3 is 5.72 Å². The molecule has 2 fully saturated rings. The van der Waals surface area contributed by atoms with Gasteiger partial charge in [-0.3, -0.25) is 0 Å².